The first-order valence-electron chi connectivity index (χ1n) is 10.5. The van der Waals surface area contributed by atoms with Crippen molar-refractivity contribution in [3.05, 3.63) is 94.5 Å². The lowest BCUT2D eigenvalue weighted by atomic mass is 10.0. The van der Waals surface area contributed by atoms with Gasteiger partial charge < -0.3 is 14.8 Å². The molecule has 0 unspecified atom stereocenters. The molecule has 0 spiro atoms. The topological polar surface area (TPSA) is 110 Å². The van der Waals surface area contributed by atoms with Crippen molar-refractivity contribution < 1.29 is 19.1 Å². The summed E-state index contributed by atoms with van der Waals surface area (Å²) in [5.74, 6) is -1.31. The second kappa shape index (κ2) is 8.64. The van der Waals surface area contributed by atoms with Crippen LogP contribution in [0, 0.1) is 0 Å². The summed E-state index contributed by atoms with van der Waals surface area (Å²) in [6, 6.07) is 15.2. The summed E-state index contributed by atoms with van der Waals surface area (Å²) in [6.07, 6.45) is 3.00. The molecular formula is C25H19ClN4O4. The molecule has 0 fully saturated rings. The van der Waals surface area contributed by atoms with Gasteiger partial charge >= 0.3 is 5.97 Å². The third kappa shape index (κ3) is 3.99. The van der Waals surface area contributed by atoms with Gasteiger partial charge in [-0.1, -0.05) is 35.9 Å². The van der Waals surface area contributed by atoms with Crippen LogP contribution < -0.4 is 5.32 Å². The molecule has 0 aliphatic carbocycles. The van der Waals surface area contributed by atoms with E-state index in [0.29, 0.717) is 39.1 Å². The molecular weight excluding hydrogens is 456 g/mol. The van der Waals surface area contributed by atoms with Crippen LogP contribution in [0.3, 0.4) is 0 Å². The van der Waals surface area contributed by atoms with E-state index >= 15 is 0 Å². The van der Waals surface area contributed by atoms with Crippen molar-refractivity contribution in [3.63, 3.8) is 0 Å². The molecule has 5 rings (SSSR count). The van der Waals surface area contributed by atoms with E-state index in [2.05, 4.69) is 15.4 Å². The van der Waals surface area contributed by atoms with E-state index in [4.69, 9.17) is 21.1 Å². The van der Waals surface area contributed by atoms with Crippen LogP contribution in [0.4, 0.5) is 0 Å². The summed E-state index contributed by atoms with van der Waals surface area (Å²) in [5, 5.41) is 17.9. The fourth-order valence-electron chi connectivity index (χ4n) is 3.97. The number of aromatic nitrogens is 3. The maximum atomic E-state index is 13.4. The lowest BCUT2D eigenvalue weighted by Gasteiger charge is -2.16. The fourth-order valence-corrected chi connectivity index (χ4v) is 4.19. The van der Waals surface area contributed by atoms with E-state index in [1.807, 2.05) is 25.1 Å². The van der Waals surface area contributed by atoms with Gasteiger partial charge in [-0.15, -0.1) is 0 Å². The van der Waals surface area contributed by atoms with Crippen LogP contribution in [-0.4, -0.2) is 31.7 Å². The van der Waals surface area contributed by atoms with E-state index in [9.17, 15) is 9.59 Å². The number of hydrogen-bond acceptors (Lipinski definition) is 5. The Labute approximate surface area is 198 Å². The molecule has 8 nitrogen and oxygen atoms in total. The molecule has 1 atom stereocenters. The maximum absolute atomic E-state index is 13.4. The number of halogens is 1. The van der Waals surface area contributed by atoms with Gasteiger partial charge in [-0.3, -0.25) is 9.48 Å². The van der Waals surface area contributed by atoms with Crippen LogP contribution >= 0.6 is 11.6 Å². The minimum Gasteiger partial charge on any atom is -0.478 e. The number of fused-ring (bicyclic) bond motifs is 3. The predicted octanol–water partition coefficient (Wildman–Crippen LogP) is 5.07. The molecule has 2 heterocycles. The molecule has 0 aliphatic heterocycles. The number of hydrogen-bond donors (Lipinski definition) is 2. The number of rotatable bonds is 6. The first-order chi connectivity index (χ1) is 16.4. The molecule has 2 N–H and O–H groups in total. The van der Waals surface area contributed by atoms with Crippen molar-refractivity contribution in [1.29, 1.82) is 0 Å². The number of amides is 1. The second-order valence-electron chi connectivity index (χ2n) is 7.94. The lowest BCUT2D eigenvalue weighted by molar-refractivity contribution is 0.0696. The molecule has 1 amide bonds. The lowest BCUT2D eigenvalue weighted by Crippen LogP contribution is -2.27. The van der Waals surface area contributed by atoms with Gasteiger partial charge in [0.05, 0.1) is 40.8 Å². The standard InChI is InChI=1S/C25H19ClN4O4/c1-14(16-5-7-17(8-6-16)25(32)33)29-24(31)19-10-21-23(34-13-27-21)20-11-28-30(22(19)20)12-15-3-2-4-18(26)9-15/h2-11,13-14H,12H2,1H3,(H,29,31)(H,32,33)/t14-/m0/s1. The zero-order valence-electron chi connectivity index (χ0n) is 18.0. The van der Waals surface area contributed by atoms with Gasteiger partial charge in [0, 0.05) is 5.02 Å². The molecule has 0 aliphatic rings. The molecule has 9 heteroatoms. The van der Waals surface area contributed by atoms with E-state index in [0.717, 1.165) is 11.1 Å². The van der Waals surface area contributed by atoms with Gasteiger partial charge in [-0.25, -0.2) is 9.78 Å². The molecule has 3 aromatic carbocycles. The predicted molar refractivity (Wildman–Crippen MR) is 127 cm³/mol. The third-order valence-corrected chi connectivity index (χ3v) is 5.92. The average Bonchev–Trinajstić information content (AvgIpc) is 3.45. The molecule has 170 valence electrons. The van der Waals surface area contributed by atoms with Crippen LogP contribution in [0.1, 0.15) is 44.8 Å². The zero-order valence-corrected chi connectivity index (χ0v) is 18.8. The summed E-state index contributed by atoms with van der Waals surface area (Å²) in [4.78, 5) is 28.7. The van der Waals surface area contributed by atoms with E-state index in [1.165, 1.54) is 18.5 Å². The van der Waals surface area contributed by atoms with Gasteiger partial charge in [-0.2, -0.15) is 5.10 Å². The minimum atomic E-state index is -1.00. The Kier molecular flexibility index (Phi) is 5.51. The molecule has 5 aromatic rings. The Morgan fingerprint density at radius 1 is 1.18 bits per heavy atom. The number of carbonyl (C=O) groups is 2. The van der Waals surface area contributed by atoms with E-state index in [-0.39, 0.29) is 17.5 Å². The highest BCUT2D eigenvalue weighted by Crippen LogP contribution is 2.29. The Hall–Kier alpha value is -4.17. The summed E-state index contributed by atoms with van der Waals surface area (Å²) >= 11 is 6.14. The number of nitrogens with one attached hydrogen (secondary N) is 1. The van der Waals surface area contributed by atoms with Crippen molar-refractivity contribution in [2.45, 2.75) is 19.5 Å². The SMILES string of the molecule is C[C@H](NC(=O)c1cc2ncoc2c2cnn(Cc3cccc(Cl)c3)c12)c1ccc(C(=O)O)cc1. The Morgan fingerprint density at radius 2 is 1.97 bits per heavy atom. The summed E-state index contributed by atoms with van der Waals surface area (Å²) in [7, 11) is 0. The number of oxazole rings is 1. The van der Waals surface area contributed by atoms with Crippen LogP contribution in [0.5, 0.6) is 0 Å². The Morgan fingerprint density at radius 3 is 2.71 bits per heavy atom. The molecule has 0 bridgehead atoms. The van der Waals surface area contributed by atoms with Crippen molar-refractivity contribution in [3.8, 4) is 0 Å². The van der Waals surface area contributed by atoms with Crippen molar-refractivity contribution in [2.75, 3.05) is 0 Å². The Bertz CT molecular complexity index is 1540. The van der Waals surface area contributed by atoms with Crippen LogP contribution in [0.2, 0.25) is 5.02 Å². The molecule has 34 heavy (non-hydrogen) atoms. The van der Waals surface area contributed by atoms with Gasteiger partial charge in [0.15, 0.2) is 12.0 Å². The quantitative estimate of drug-likeness (QED) is 0.355. The number of benzene rings is 3. The minimum absolute atomic E-state index is 0.186. The summed E-state index contributed by atoms with van der Waals surface area (Å²) in [5.41, 5.74) is 4.04. The highest BCUT2D eigenvalue weighted by molar-refractivity contribution is 6.30. The smallest absolute Gasteiger partial charge is 0.335 e. The zero-order chi connectivity index (χ0) is 23.8. The number of carboxylic acids is 1. The summed E-state index contributed by atoms with van der Waals surface area (Å²) in [6.45, 7) is 2.25. The van der Waals surface area contributed by atoms with Crippen LogP contribution in [0.15, 0.2) is 71.6 Å². The first-order valence-corrected chi connectivity index (χ1v) is 10.9. The average molecular weight is 475 g/mol. The first kappa shape index (κ1) is 21.7. The fraction of sp³-hybridized carbons (Fsp3) is 0.120. The van der Waals surface area contributed by atoms with E-state index in [1.54, 1.807) is 35.1 Å². The second-order valence-corrected chi connectivity index (χ2v) is 8.38. The normalized spacial score (nSPS) is 12.2. The number of nitrogens with zero attached hydrogens (tertiary/aromatic N) is 3. The summed E-state index contributed by atoms with van der Waals surface area (Å²) < 4.78 is 7.30. The Balaban J connectivity index is 1.52. The van der Waals surface area contributed by atoms with Crippen LogP contribution in [-0.2, 0) is 6.54 Å². The highest BCUT2D eigenvalue weighted by Gasteiger charge is 2.21. The van der Waals surface area contributed by atoms with Crippen molar-refractivity contribution >= 4 is 45.5 Å². The number of aromatic carboxylic acids is 1. The maximum Gasteiger partial charge on any atom is 0.335 e. The largest absolute Gasteiger partial charge is 0.478 e. The van der Waals surface area contributed by atoms with Gasteiger partial charge in [0.1, 0.15) is 5.52 Å². The van der Waals surface area contributed by atoms with Crippen molar-refractivity contribution in [2.24, 2.45) is 0 Å². The third-order valence-electron chi connectivity index (χ3n) is 5.69. The van der Waals surface area contributed by atoms with Gasteiger partial charge in [0.25, 0.3) is 5.91 Å². The van der Waals surface area contributed by atoms with Crippen LogP contribution in [0.25, 0.3) is 22.0 Å². The molecule has 2 aromatic heterocycles. The van der Waals surface area contributed by atoms with Gasteiger partial charge in [-0.05, 0) is 48.4 Å². The van der Waals surface area contributed by atoms with Gasteiger partial charge in [0.2, 0.25) is 0 Å². The molecule has 0 radical (unpaired) electrons. The number of carbonyl (C=O) groups excluding carboxylic acids is 1. The monoisotopic (exact) mass is 474 g/mol. The van der Waals surface area contributed by atoms with E-state index < -0.39 is 5.97 Å². The van der Waals surface area contributed by atoms with Crippen molar-refractivity contribution in [1.82, 2.24) is 20.1 Å². The molecule has 0 saturated carbocycles. The molecule has 0 saturated heterocycles. The number of carboxylic acid groups (broad SMARTS) is 1. The highest BCUT2D eigenvalue weighted by atomic mass is 35.5.